The predicted octanol–water partition coefficient (Wildman–Crippen LogP) is 4.19. The van der Waals surface area contributed by atoms with Gasteiger partial charge in [0.05, 0.1) is 5.71 Å². The second kappa shape index (κ2) is 10.2. The topological polar surface area (TPSA) is 71.0 Å². The van der Waals surface area contributed by atoms with Gasteiger partial charge in [0, 0.05) is 31.6 Å². The van der Waals surface area contributed by atoms with Crippen molar-refractivity contribution >= 4 is 17.5 Å². The lowest BCUT2D eigenvalue weighted by Crippen LogP contribution is -2.45. The molecule has 1 saturated heterocycles. The molecule has 1 atom stereocenters. The summed E-state index contributed by atoms with van der Waals surface area (Å²) in [4.78, 5) is 32.8. The first kappa shape index (κ1) is 23.0. The first-order valence-electron chi connectivity index (χ1n) is 12.0. The minimum Gasteiger partial charge on any atom is -0.379 e. The van der Waals surface area contributed by atoms with Gasteiger partial charge in [0.15, 0.2) is 0 Å². The fraction of sp³-hybridized carbons (Fsp3) is 0.444. The number of hydrogen-bond donors (Lipinski definition) is 1. The van der Waals surface area contributed by atoms with Crippen molar-refractivity contribution in [3.05, 3.63) is 71.3 Å². The molecule has 2 heterocycles. The van der Waals surface area contributed by atoms with Crippen LogP contribution in [0, 0.1) is 5.92 Å². The fourth-order valence-corrected chi connectivity index (χ4v) is 4.52. The third kappa shape index (κ3) is 5.44. The number of likely N-dealkylation sites (tertiary alicyclic amines) is 1. The average Bonchev–Trinajstić information content (AvgIpc) is 3.26. The van der Waals surface area contributed by atoms with Gasteiger partial charge in [0.2, 0.25) is 5.60 Å². The van der Waals surface area contributed by atoms with Crippen molar-refractivity contribution in [3.63, 3.8) is 0 Å². The fourth-order valence-electron chi connectivity index (χ4n) is 4.52. The summed E-state index contributed by atoms with van der Waals surface area (Å²) >= 11 is 0. The van der Waals surface area contributed by atoms with Crippen LogP contribution in [0.5, 0.6) is 0 Å². The Balaban J connectivity index is 1.30. The van der Waals surface area contributed by atoms with Gasteiger partial charge in [-0.2, -0.15) is 0 Å². The van der Waals surface area contributed by atoms with Crippen molar-refractivity contribution < 1.29 is 14.4 Å². The van der Waals surface area contributed by atoms with Gasteiger partial charge < -0.3 is 15.1 Å². The van der Waals surface area contributed by atoms with E-state index in [1.807, 2.05) is 42.2 Å². The van der Waals surface area contributed by atoms with Crippen molar-refractivity contribution in [1.82, 2.24) is 10.2 Å². The zero-order chi connectivity index (χ0) is 23.3. The maximum absolute atomic E-state index is 13.0. The maximum atomic E-state index is 13.0. The van der Waals surface area contributed by atoms with Crippen LogP contribution < -0.4 is 5.32 Å². The molecular formula is C27H33N3O3. The number of nitrogens with one attached hydrogen (secondary N) is 1. The van der Waals surface area contributed by atoms with E-state index in [2.05, 4.69) is 34.7 Å². The Labute approximate surface area is 196 Å². The largest absolute Gasteiger partial charge is 0.379 e. The molecule has 0 radical (unpaired) electrons. The molecule has 1 N–H and O–H groups in total. The number of oxime groups is 1. The number of rotatable bonds is 7. The van der Waals surface area contributed by atoms with Crippen molar-refractivity contribution in [3.8, 4) is 0 Å². The molecule has 0 bridgehead atoms. The van der Waals surface area contributed by atoms with Gasteiger partial charge in [-0.15, -0.1) is 0 Å². The summed E-state index contributed by atoms with van der Waals surface area (Å²) in [5, 5.41) is 7.03. The highest BCUT2D eigenvalue weighted by molar-refractivity contribution is 6.06. The van der Waals surface area contributed by atoms with Crippen molar-refractivity contribution in [2.24, 2.45) is 11.1 Å². The van der Waals surface area contributed by atoms with Crippen molar-refractivity contribution in [2.45, 2.75) is 51.6 Å². The number of nitrogens with zero attached hydrogens (tertiary/aromatic N) is 2. The minimum atomic E-state index is -0.983. The minimum absolute atomic E-state index is 0.0769. The maximum Gasteiger partial charge on any atom is 0.267 e. The van der Waals surface area contributed by atoms with Gasteiger partial charge in [-0.05, 0) is 61.8 Å². The molecule has 4 rings (SSSR count). The van der Waals surface area contributed by atoms with Crippen LogP contribution in [-0.4, -0.2) is 47.7 Å². The Morgan fingerprint density at radius 3 is 2.45 bits per heavy atom. The summed E-state index contributed by atoms with van der Waals surface area (Å²) in [5.74, 6) is 0.557. The molecule has 33 heavy (non-hydrogen) atoms. The molecule has 6 heteroatoms. The van der Waals surface area contributed by atoms with E-state index in [0.29, 0.717) is 24.4 Å². The zero-order valence-corrected chi connectivity index (χ0v) is 19.5. The summed E-state index contributed by atoms with van der Waals surface area (Å²) in [5.41, 5.74) is 2.67. The second-order valence-corrected chi connectivity index (χ2v) is 9.30. The lowest BCUT2D eigenvalue weighted by atomic mass is 9.90. The molecule has 0 aliphatic carbocycles. The molecule has 6 nitrogen and oxygen atoms in total. The third-order valence-corrected chi connectivity index (χ3v) is 6.61. The Hall–Kier alpha value is -3.15. The highest BCUT2D eigenvalue weighted by Crippen LogP contribution is 2.27. The Morgan fingerprint density at radius 1 is 1.09 bits per heavy atom. The quantitative estimate of drug-likeness (QED) is 0.692. The standard InChI is InChI=1S/C27H33N3O3/c1-3-15-28-26(32)27(2)19-24(29-33-27)22-9-11-23(12-10-22)25(31)30-16-13-21(14-17-30)18-20-7-5-4-6-8-20/h4-12,21H,3,13-19H2,1-2H3,(H,28,32). The van der Waals surface area contributed by atoms with Crippen LogP contribution in [0.2, 0.25) is 0 Å². The number of benzene rings is 2. The average molecular weight is 448 g/mol. The normalized spacial score (nSPS) is 20.8. The highest BCUT2D eigenvalue weighted by atomic mass is 16.7. The molecule has 2 amide bonds. The van der Waals surface area contributed by atoms with Crippen LogP contribution in [0.4, 0.5) is 0 Å². The SMILES string of the molecule is CCCNC(=O)C1(C)CC(c2ccc(C(=O)N3CCC(Cc4ccccc4)CC3)cc2)=NO1. The van der Waals surface area contributed by atoms with Gasteiger partial charge >= 0.3 is 0 Å². The number of piperidine rings is 1. The van der Waals surface area contributed by atoms with Gasteiger partial charge in [-0.1, -0.05) is 54.5 Å². The molecule has 2 aliphatic heterocycles. The van der Waals surface area contributed by atoms with E-state index >= 15 is 0 Å². The molecule has 0 saturated carbocycles. The number of carbonyl (C=O) groups is 2. The van der Waals surface area contributed by atoms with Crippen LogP contribution in [0.25, 0.3) is 0 Å². The van der Waals surface area contributed by atoms with Crippen LogP contribution in [-0.2, 0) is 16.1 Å². The Morgan fingerprint density at radius 2 is 1.79 bits per heavy atom. The van der Waals surface area contributed by atoms with Crippen LogP contribution >= 0.6 is 0 Å². The van der Waals surface area contributed by atoms with E-state index in [0.717, 1.165) is 50.0 Å². The van der Waals surface area contributed by atoms with E-state index in [1.54, 1.807) is 6.92 Å². The van der Waals surface area contributed by atoms with E-state index in [1.165, 1.54) is 5.56 Å². The Bertz CT molecular complexity index is 995. The van der Waals surface area contributed by atoms with E-state index in [9.17, 15) is 9.59 Å². The lowest BCUT2D eigenvalue weighted by molar-refractivity contribution is -0.141. The summed E-state index contributed by atoms with van der Waals surface area (Å²) < 4.78 is 0. The first-order valence-corrected chi connectivity index (χ1v) is 12.0. The molecule has 1 unspecified atom stereocenters. The molecule has 0 spiro atoms. The van der Waals surface area contributed by atoms with E-state index in [-0.39, 0.29) is 11.8 Å². The summed E-state index contributed by atoms with van der Waals surface area (Å²) in [6, 6.07) is 18.1. The number of amides is 2. The molecule has 2 aromatic carbocycles. The van der Waals surface area contributed by atoms with E-state index in [4.69, 9.17) is 4.84 Å². The van der Waals surface area contributed by atoms with Crippen LogP contribution in [0.1, 0.15) is 61.0 Å². The molecule has 0 aromatic heterocycles. The summed E-state index contributed by atoms with van der Waals surface area (Å²) in [7, 11) is 0. The van der Waals surface area contributed by atoms with Crippen LogP contribution in [0.3, 0.4) is 0 Å². The van der Waals surface area contributed by atoms with Crippen LogP contribution in [0.15, 0.2) is 59.8 Å². The van der Waals surface area contributed by atoms with Gasteiger partial charge in [0.1, 0.15) is 0 Å². The number of hydrogen-bond acceptors (Lipinski definition) is 4. The Kier molecular flexibility index (Phi) is 7.11. The van der Waals surface area contributed by atoms with E-state index < -0.39 is 5.60 Å². The van der Waals surface area contributed by atoms with Gasteiger partial charge in [-0.25, -0.2) is 0 Å². The molecule has 2 aromatic rings. The summed E-state index contributed by atoms with van der Waals surface area (Å²) in [6.07, 6.45) is 4.43. The van der Waals surface area contributed by atoms with Gasteiger partial charge in [0.25, 0.3) is 11.8 Å². The molecule has 2 aliphatic rings. The van der Waals surface area contributed by atoms with Crippen molar-refractivity contribution in [2.75, 3.05) is 19.6 Å². The smallest absolute Gasteiger partial charge is 0.267 e. The van der Waals surface area contributed by atoms with Crippen molar-refractivity contribution in [1.29, 1.82) is 0 Å². The lowest BCUT2D eigenvalue weighted by Gasteiger charge is -2.32. The second-order valence-electron chi connectivity index (χ2n) is 9.30. The monoisotopic (exact) mass is 447 g/mol. The first-order chi connectivity index (χ1) is 16.0. The summed E-state index contributed by atoms with van der Waals surface area (Å²) in [6.45, 7) is 5.98. The third-order valence-electron chi connectivity index (χ3n) is 6.61. The van der Waals surface area contributed by atoms with Gasteiger partial charge in [-0.3, -0.25) is 9.59 Å². The number of carbonyl (C=O) groups excluding carboxylic acids is 2. The molecule has 1 fully saturated rings. The predicted molar refractivity (Wildman–Crippen MR) is 129 cm³/mol. The highest BCUT2D eigenvalue weighted by Gasteiger charge is 2.42. The zero-order valence-electron chi connectivity index (χ0n) is 19.5. The molecular weight excluding hydrogens is 414 g/mol. The molecule has 174 valence electrons.